The lowest BCUT2D eigenvalue weighted by molar-refractivity contribution is -0.114. The highest BCUT2D eigenvalue weighted by molar-refractivity contribution is 6.02. The SMILES string of the molecule is O=C(Nc1ccc(N2CCCCC2)nc1)/C(F)=C/C1CCCCC1. The van der Waals surface area contributed by atoms with Crippen LogP contribution in [0.15, 0.2) is 30.2 Å². The Kier molecular flexibility index (Phi) is 5.83. The van der Waals surface area contributed by atoms with Crippen molar-refractivity contribution in [3.8, 4) is 0 Å². The van der Waals surface area contributed by atoms with Crippen molar-refractivity contribution in [2.24, 2.45) is 5.92 Å². The van der Waals surface area contributed by atoms with Crippen molar-refractivity contribution in [2.45, 2.75) is 51.4 Å². The molecule has 4 nitrogen and oxygen atoms in total. The molecule has 1 aliphatic heterocycles. The zero-order chi connectivity index (χ0) is 16.8. The summed E-state index contributed by atoms with van der Waals surface area (Å²) in [6, 6.07) is 3.69. The van der Waals surface area contributed by atoms with Gasteiger partial charge in [0, 0.05) is 13.1 Å². The van der Waals surface area contributed by atoms with Crippen LogP contribution in [0.2, 0.25) is 0 Å². The van der Waals surface area contributed by atoms with Gasteiger partial charge < -0.3 is 10.2 Å². The summed E-state index contributed by atoms with van der Waals surface area (Å²) in [5.41, 5.74) is 0.535. The van der Waals surface area contributed by atoms with E-state index in [1.807, 2.05) is 6.07 Å². The number of rotatable bonds is 4. The summed E-state index contributed by atoms with van der Waals surface area (Å²) < 4.78 is 14.1. The van der Waals surface area contributed by atoms with Crippen molar-refractivity contribution in [3.63, 3.8) is 0 Å². The second kappa shape index (κ2) is 8.27. The van der Waals surface area contributed by atoms with Gasteiger partial charge in [-0.25, -0.2) is 9.37 Å². The van der Waals surface area contributed by atoms with Gasteiger partial charge in [0.25, 0.3) is 5.91 Å². The number of allylic oxidation sites excluding steroid dienone is 1. The molecule has 1 saturated carbocycles. The van der Waals surface area contributed by atoms with Gasteiger partial charge in [-0.15, -0.1) is 0 Å². The number of aromatic nitrogens is 1. The summed E-state index contributed by atoms with van der Waals surface area (Å²) in [4.78, 5) is 18.6. The minimum Gasteiger partial charge on any atom is -0.357 e. The minimum atomic E-state index is -0.679. The summed E-state index contributed by atoms with van der Waals surface area (Å²) >= 11 is 0. The third-order valence-electron chi connectivity index (χ3n) is 4.93. The number of carbonyl (C=O) groups is 1. The molecular formula is C19H26FN3O. The Hall–Kier alpha value is -1.91. The Morgan fingerprint density at radius 1 is 1.12 bits per heavy atom. The Bertz CT molecular complexity index is 573. The van der Waals surface area contributed by atoms with E-state index in [9.17, 15) is 9.18 Å². The minimum absolute atomic E-state index is 0.198. The molecule has 1 aliphatic carbocycles. The maximum Gasteiger partial charge on any atom is 0.284 e. The summed E-state index contributed by atoms with van der Waals surface area (Å²) in [7, 11) is 0. The first-order valence-electron chi connectivity index (χ1n) is 9.12. The van der Waals surface area contributed by atoms with Gasteiger partial charge >= 0.3 is 0 Å². The van der Waals surface area contributed by atoms with Gasteiger partial charge in [-0.05, 0) is 56.2 Å². The van der Waals surface area contributed by atoms with Crippen LogP contribution in [0.3, 0.4) is 0 Å². The fourth-order valence-corrected chi connectivity index (χ4v) is 3.54. The number of anilines is 2. The van der Waals surface area contributed by atoms with Crippen molar-refractivity contribution < 1.29 is 9.18 Å². The third kappa shape index (κ3) is 4.56. The summed E-state index contributed by atoms with van der Waals surface area (Å²) in [6.45, 7) is 2.05. The standard InChI is InChI=1S/C19H26FN3O/c20-17(13-15-7-3-1-4-8-15)19(24)22-16-9-10-18(21-14-16)23-11-5-2-6-12-23/h9-10,13-15H,1-8,11-12H2,(H,22,24)/b17-13-. The molecule has 1 aromatic heterocycles. The van der Waals surface area contributed by atoms with Crippen LogP contribution in [0.5, 0.6) is 0 Å². The average Bonchev–Trinajstić information content (AvgIpc) is 2.64. The van der Waals surface area contributed by atoms with Gasteiger partial charge in [0.05, 0.1) is 11.9 Å². The molecule has 5 heteroatoms. The van der Waals surface area contributed by atoms with Crippen LogP contribution in [-0.2, 0) is 4.79 Å². The topological polar surface area (TPSA) is 45.2 Å². The van der Waals surface area contributed by atoms with E-state index in [-0.39, 0.29) is 5.92 Å². The fourth-order valence-electron chi connectivity index (χ4n) is 3.54. The molecule has 2 heterocycles. The van der Waals surface area contributed by atoms with Gasteiger partial charge in [-0.1, -0.05) is 19.3 Å². The van der Waals surface area contributed by atoms with Crippen LogP contribution < -0.4 is 10.2 Å². The van der Waals surface area contributed by atoms with Crippen LogP contribution in [0.4, 0.5) is 15.9 Å². The van der Waals surface area contributed by atoms with Crippen LogP contribution in [0, 0.1) is 5.92 Å². The first-order valence-corrected chi connectivity index (χ1v) is 9.12. The van der Waals surface area contributed by atoms with Gasteiger partial charge in [0.1, 0.15) is 5.82 Å². The zero-order valence-electron chi connectivity index (χ0n) is 14.1. The largest absolute Gasteiger partial charge is 0.357 e. The van der Waals surface area contributed by atoms with Crippen LogP contribution in [0.1, 0.15) is 51.4 Å². The lowest BCUT2D eigenvalue weighted by Crippen LogP contribution is -2.30. The predicted octanol–water partition coefficient (Wildman–Crippen LogP) is 4.44. The molecular weight excluding hydrogens is 305 g/mol. The van der Waals surface area contributed by atoms with E-state index in [0.717, 1.165) is 44.6 Å². The number of nitrogens with one attached hydrogen (secondary N) is 1. The molecule has 0 atom stereocenters. The van der Waals surface area contributed by atoms with E-state index in [0.29, 0.717) is 5.69 Å². The van der Waals surface area contributed by atoms with E-state index >= 15 is 0 Å². The molecule has 2 fully saturated rings. The van der Waals surface area contributed by atoms with Gasteiger partial charge in [0.15, 0.2) is 5.83 Å². The van der Waals surface area contributed by atoms with E-state index < -0.39 is 11.7 Å². The molecule has 0 unspecified atom stereocenters. The van der Waals surface area contributed by atoms with Crippen molar-refractivity contribution in [1.82, 2.24) is 4.98 Å². The van der Waals surface area contributed by atoms with Crippen LogP contribution in [-0.4, -0.2) is 24.0 Å². The number of nitrogens with zero attached hydrogens (tertiary/aromatic N) is 2. The first kappa shape index (κ1) is 16.9. The van der Waals surface area contributed by atoms with Crippen molar-refractivity contribution in [2.75, 3.05) is 23.3 Å². The van der Waals surface area contributed by atoms with Crippen LogP contribution >= 0.6 is 0 Å². The summed E-state index contributed by atoms with van der Waals surface area (Å²) in [5.74, 6) is -0.231. The average molecular weight is 331 g/mol. The van der Waals surface area contributed by atoms with E-state index in [2.05, 4.69) is 15.2 Å². The maximum atomic E-state index is 14.1. The highest BCUT2D eigenvalue weighted by Gasteiger charge is 2.16. The van der Waals surface area contributed by atoms with Gasteiger partial charge in [0.2, 0.25) is 0 Å². The summed E-state index contributed by atoms with van der Waals surface area (Å²) in [5, 5.41) is 2.60. The smallest absolute Gasteiger partial charge is 0.284 e. The Balaban J connectivity index is 1.56. The number of hydrogen-bond donors (Lipinski definition) is 1. The number of hydrogen-bond acceptors (Lipinski definition) is 3. The van der Waals surface area contributed by atoms with E-state index in [1.54, 1.807) is 12.3 Å². The quantitative estimate of drug-likeness (QED) is 0.829. The molecule has 0 spiro atoms. The maximum absolute atomic E-state index is 14.1. The van der Waals surface area contributed by atoms with Crippen molar-refractivity contribution in [1.29, 1.82) is 0 Å². The molecule has 1 N–H and O–H groups in total. The lowest BCUT2D eigenvalue weighted by Gasteiger charge is -2.27. The molecule has 3 rings (SSSR count). The Labute approximate surface area is 143 Å². The molecule has 24 heavy (non-hydrogen) atoms. The summed E-state index contributed by atoms with van der Waals surface area (Å²) in [6.07, 6.45) is 12.2. The predicted molar refractivity (Wildman–Crippen MR) is 94.7 cm³/mol. The molecule has 1 saturated heterocycles. The van der Waals surface area contributed by atoms with E-state index in [4.69, 9.17) is 0 Å². The number of amides is 1. The molecule has 1 aromatic rings. The lowest BCUT2D eigenvalue weighted by atomic mass is 9.89. The normalized spacial score (nSPS) is 20.0. The zero-order valence-corrected chi connectivity index (χ0v) is 14.1. The number of piperidine rings is 1. The Morgan fingerprint density at radius 2 is 1.83 bits per heavy atom. The first-order chi connectivity index (χ1) is 11.7. The van der Waals surface area contributed by atoms with Gasteiger partial charge in [-0.3, -0.25) is 4.79 Å². The number of halogens is 1. The highest BCUT2D eigenvalue weighted by Crippen LogP contribution is 2.26. The van der Waals surface area contributed by atoms with Gasteiger partial charge in [-0.2, -0.15) is 0 Å². The monoisotopic (exact) mass is 331 g/mol. The second-order valence-electron chi connectivity index (χ2n) is 6.82. The molecule has 0 bridgehead atoms. The molecule has 1 amide bonds. The fraction of sp³-hybridized carbons (Fsp3) is 0.579. The van der Waals surface area contributed by atoms with Crippen LogP contribution in [0.25, 0.3) is 0 Å². The number of pyridine rings is 1. The second-order valence-corrected chi connectivity index (χ2v) is 6.82. The molecule has 0 radical (unpaired) electrons. The molecule has 0 aromatic carbocycles. The molecule has 130 valence electrons. The van der Waals surface area contributed by atoms with Crippen molar-refractivity contribution >= 4 is 17.4 Å². The Morgan fingerprint density at radius 3 is 2.50 bits per heavy atom. The molecule has 2 aliphatic rings. The third-order valence-corrected chi connectivity index (χ3v) is 4.93. The van der Waals surface area contributed by atoms with Crippen molar-refractivity contribution in [3.05, 3.63) is 30.2 Å². The highest BCUT2D eigenvalue weighted by atomic mass is 19.1. The van der Waals surface area contributed by atoms with E-state index in [1.165, 1.54) is 31.8 Å². The number of carbonyl (C=O) groups excluding carboxylic acids is 1.